The lowest BCUT2D eigenvalue weighted by Gasteiger charge is -2.42. The SMILES string of the molecule is CCO[Si](CCCSC(C)(C)C1CCC(C)C(SCCCCCS)C1)(OCC)OCC. The first kappa shape index (κ1) is 30.2. The van der Waals surface area contributed by atoms with Gasteiger partial charge in [0.05, 0.1) is 0 Å². The smallest absolute Gasteiger partial charge is 0.374 e. The largest absolute Gasteiger partial charge is 0.500 e. The zero-order valence-electron chi connectivity index (χ0n) is 21.1. The molecular weight excluding hydrogens is 461 g/mol. The predicted octanol–water partition coefficient (Wildman–Crippen LogP) is 7.57. The maximum Gasteiger partial charge on any atom is 0.500 e. The van der Waals surface area contributed by atoms with Gasteiger partial charge < -0.3 is 13.3 Å². The molecule has 0 aromatic heterocycles. The van der Waals surface area contributed by atoms with Gasteiger partial charge in [-0.25, -0.2) is 0 Å². The van der Waals surface area contributed by atoms with Crippen molar-refractivity contribution in [2.24, 2.45) is 11.8 Å². The molecule has 1 rings (SSSR count). The molecule has 7 heteroatoms. The molecular formula is C24H50O3S3Si. The van der Waals surface area contributed by atoms with Gasteiger partial charge in [-0.2, -0.15) is 36.2 Å². The van der Waals surface area contributed by atoms with E-state index in [2.05, 4.69) is 56.9 Å². The summed E-state index contributed by atoms with van der Waals surface area (Å²) in [5.41, 5.74) is 0. The number of hydrogen-bond donors (Lipinski definition) is 1. The van der Waals surface area contributed by atoms with Crippen LogP contribution in [0.1, 0.15) is 86.5 Å². The van der Waals surface area contributed by atoms with Crippen molar-refractivity contribution in [2.45, 2.75) is 103 Å². The first-order valence-electron chi connectivity index (χ1n) is 12.6. The van der Waals surface area contributed by atoms with E-state index in [0.717, 1.165) is 41.1 Å². The highest BCUT2D eigenvalue weighted by atomic mass is 32.2. The number of unbranched alkanes of at least 4 members (excludes halogenated alkanes) is 2. The maximum absolute atomic E-state index is 6.02. The van der Waals surface area contributed by atoms with Crippen LogP contribution in [-0.2, 0) is 13.3 Å². The van der Waals surface area contributed by atoms with Crippen molar-refractivity contribution < 1.29 is 13.3 Å². The molecule has 0 amide bonds. The van der Waals surface area contributed by atoms with Gasteiger partial charge in [0.25, 0.3) is 0 Å². The minimum atomic E-state index is -2.50. The summed E-state index contributed by atoms with van der Waals surface area (Å²) in [6.45, 7) is 15.5. The first-order chi connectivity index (χ1) is 14.8. The average Bonchev–Trinajstić information content (AvgIpc) is 2.73. The van der Waals surface area contributed by atoms with Crippen LogP contribution in [0.15, 0.2) is 0 Å². The fourth-order valence-electron chi connectivity index (χ4n) is 4.51. The van der Waals surface area contributed by atoms with E-state index < -0.39 is 8.80 Å². The number of thiol groups is 1. The highest BCUT2D eigenvalue weighted by Crippen LogP contribution is 2.46. The van der Waals surface area contributed by atoms with E-state index in [0.29, 0.717) is 24.6 Å². The van der Waals surface area contributed by atoms with Gasteiger partial charge in [-0.1, -0.05) is 27.2 Å². The quantitative estimate of drug-likeness (QED) is 0.117. The van der Waals surface area contributed by atoms with Crippen molar-refractivity contribution >= 4 is 45.0 Å². The van der Waals surface area contributed by atoms with Gasteiger partial charge in [0.15, 0.2) is 0 Å². The molecule has 0 radical (unpaired) electrons. The Morgan fingerprint density at radius 2 is 1.55 bits per heavy atom. The first-order valence-corrected chi connectivity index (χ1v) is 17.2. The van der Waals surface area contributed by atoms with Gasteiger partial charge in [-0.15, -0.1) is 0 Å². The fourth-order valence-corrected chi connectivity index (χ4v) is 10.4. The highest BCUT2D eigenvalue weighted by molar-refractivity contribution is 8.00. The van der Waals surface area contributed by atoms with E-state index in [1.54, 1.807) is 0 Å². The van der Waals surface area contributed by atoms with Crippen molar-refractivity contribution in [3.8, 4) is 0 Å². The molecule has 1 aliphatic rings. The summed E-state index contributed by atoms with van der Waals surface area (Å²) >= 11 is 8.74. The molecule has 0 saturated heterocycles. The molecule has 0 aliphatic heterocycles. The monoisotopic (exact) mass is 510 g/mol. The third kappa shape index (κ3) is 11.4. The Morgan fingerprint density at radius 1 is 0.903 bits per heavy atom. The summed E-state index contributed by atoms with van der Waals surface area (Å²) in [4.78, 5) is 0. The molecule has 3 atom stereocenters. The van der Waals surface area contributed by atoms with Crippen LogP contribution in [0.3, 0.4) is 0 Å². The second-order valence-electron chi connectivity index (χ2n) is 9.22. The average molecular weight is 511 g/mol. The Labute approximate surface area is 209 Å². The molecule has 0 N–H and O–H groups in total. The molecule has 1 aliphatic carbocycles. The van der Waals surface area contributed by atoms with Gasteiger partial charge in [0.2, 0.25) is 0 Å². The van der Waals surface area contributed by atoms with E-state index in [9.17, 15) is 0 Å². The van der Waals surface area contributed by atoms with Crippen LogP contribution in [0.2, 0.25) is 6.04 Å². The normalized spacial score (nSPS) is 22.7. The molecule has 0 bridgehead atoms. The van der Waals surface area contributed by atoms with Gasteiger partial charge in [-0.3, -0.25) is 0 Å². The van der Waals surface area contributed by atoms with Crippen molar-refractivity contribution in [2.75, 3.05) is 37.1 Å². The minimum Gasteiger partial charge on any atom is -0.374 e. The second kappa shape index (κ2) is 16.7. The van der Waals surface area contributed by atoms with Gasteiger partial charge in [-0.05, 0) is 88.4 Å². The van der Waals surface area contributed by atoms with E-state index in [1.807, 2.05) is 20.8 Å². The lowest BCUT2D eigenvalue weighted by Crippen LogP contribution is -2.46. The standard InChI is InChI=1S/C24H50O3S3Si/c1-7-25-31(26-8-2,27-9-3)19-13-18-30-24(5,6)22-15-14-21(4)23(20-22)29-17-12-10-11-16-28/h21-23,28H,7-20H2,1-6H3. The Kier molecular flexibility index (Phi) is 16.3. The molecule has 0 spiro atoms. The van der Waals surface area contributed by atoms with E-state index in [-0.39, 0.29) is 0 Å². The summed E-state index contributed by atoms with van der Waals surface area (Å²) in [7, 11) is -2.50. The predicted molar refractivity (Wildman–Crippen MR) is 147 cm³/mol. The summed E-state index contributed by atoms with van der Waals surface area (Å²) in [5, 5.41) is 0.837. The van der Waals surface area contributed by atoms with Crippen LogP contribution in [0.4, 0.5) is 0 Å². The zero-order chi connectivity index (χ0) is 23.2. The summed E-state index contributed by atoms with van der Waals surface area (Å²) in [6, 6.07) is 0.929. The molecule has 0 aromatic rings. The van der Waals surface area contributed by atoms with Crippen LogP contribution < -0.4 is 0 Å². The van der Waals surface area contributed by atoms with E-state index in [4.69, 9.17) is 13.3 Å². The fraction of sp³-hybridized carbons (Fsp3) is 1.00. The van der Waals surface area contributed by atoms with Gasteiger partial charge >= 0.3 is 8.80 Å². The second-order valence-corrected chi connectivity index (χ2v) is 15.5. The van der Waals surface area contributed by atoms with Crippen LogP contribution in [-0.4, -0.2) is 55.9 Å². The summed E-state index contributed by atoms with van der Waals surface area (Å²) in [5.74, 6) is 5.19. The Morgan fingerprint density at radius 3 is 2.13 bits per heavy atom. The third-order valence-corrected chi connectivity index (χ3v) is 13.1. The van der Waals surface area contributed by atoms with Crippen LogP contribution in [0.25, 0.3) is 0 Å². The van der Waals surface area contributed by atoms with Crippen molar-refractivity contribution in [3.63, 3.8) is 0 Å². The molecule has 186 valence electrons. The molecule has 0 aromatic carbocycles. The topological polar surface area (TPSA) is 27.7 Å². The minimum absolute atomic E-state index is 0.331. The van der Waals surface area contributed by atoms with Crippen LogP contribution in [0, 0.1) is 11.8 Å². The molecule has 3 nitrogen and oxygen atoms in total. The lowest BCUT2D eigenvalue weighted by molar-refractivity contribution is 0.0712. The Hall–Kier alpha value is 1.15. The maximum atomic E-state index is 6.02. The van der Waals surface area contributed by atoms with E-state index >= 15 is 0 Å². The van der Waals surface area contributed by atoms with Crippen molar-refractivity contribution in [1.29, 1.82) is 0 Å². The van der Waals surface area contributed by atoms with E-state index in [1.165, 1.54) is 44.3 Å². The number of rotatable bonds is 18. The molecule has 3 unspecified atom stereocenters. The van der Waals surface area contributed by atoms with Crippen molar-refractivity contribution in [3.05, 3.63) is 0 Å². The third-order valence-electron chi connectivity index (χ3n) is 6.43. The Balaban J connectivity index is 2.49. The molecule has 1 fully saturated rings. The lowest BCUT2D eigenvalue weighted by atomic mass is 9.77. The van der Waals surface area contributed by atoms with Gasteiger partial charge in [0, 0.05) is 35.9 Å². The zero-order valence-corrected chi connectivity index (χ0v) is 24.6. The van der Waals surface area contributed by atoms with Crippen LogP contribution in [0.5, 0.6) is 0 Å². The highest BCUT2D eigenvalue weighted by Gasteiger charge is 2.40. The van der Waals surface area contributed by atoms with Crippen molar-refractivity contribution in [1.82, 2.24) is 0 Å². The Bertz CT molecular complexity index is 437. The van der Waals surface area contributed by atoms with Crippen LogP contribution >= 0.6 is 36.2 Å². The molecule has 1 saturated carbocycles. The summed E-state index contributed by atoms with van der Waals surface area (Å²) < 4.78 is 18.4. The molecule has 0 heterocycles. The summed E-state index contributed by atoms with van der Waals surface area (Å²) in [6.07, 6.45) is 9.20. The van der Waals surface area contributed by atoms with Gasteiger partial charge in [0.1, 0.15) is 0 Å². The number of thioether (sulfide) groups is 2. The number of hydrogen-bond acceptors (Lipinski definition) is 6. The molecule has 31 heavy (non-hydrogen) atoms.